The lowest BCUT2D eigenvalue weighted by Gasteiger charge is -2.37. The lowest BCUT2D eigenvalue weighted by atomic mass is 9.88. The van der Waals surface area contributed by atoms with Crippen LogP contribution in [-0.2, 0) is 6.54 Å². The first-order valence-electron chi connectivity index (χ1n) is 9.48. The SMILES string of the molecule is C[C@@H]1c2nc(C(=O)N3CC=CC3)cn2CCN1CC1CCCCC1. The molecule has 1 aromatic heterocycles. The highest BCUT2D eigenvalue weighted by Gasteiger charge is 2.30. The number of rotatable bonds is 3. The van der Waals surface area contributed by atoms with Crippen molar-refractivity contribution < 1.29 is 4.79 Å². The Hall–Kier alpha value is -1.62. The molecule has 0 unspecified atom stereocenters. The molecule has 0 aromatic carbocycles. The van der Waals surface area contributed by atoms with Gasteiger partial charge in [-0.3, -0.25) is 9.69 Å². The second-order valence-electron chi connectivity index (χ2n) is 7.53. The van der Waals surface area contributed by atoms with E-state index >= 15 is 0 Å². The summed E-state index contributed by atoms with van der Waals surface area (Å²) < 4.78 is 2.19. The van der Waals surface area contributed by atoms with Crippen LogP contribution in [-0.4, -0.2) is 51.4 Å². The molecule has 3 aliphatic rings. The van der Waals surface area contributed by atoms with Gasteiger partial charge in [-0.05, 0) is 25.7 Å². The molecule has 0 saturated heterocycles. The first-order valence-corrected chi connectivity index (χ1v) is 9.48. The third kappa shape index (κ3) is 3.02. The first-order chi connectivity index (χ1) is 11.7. The van der Waals surface area contributed by atoms with E-state index in [1.54, 1.807) is 0 Å². The van der Waals surface area contributed by atoms with E-state index in [2.05, 4.69) is 16.4 Å². The van der Waals surface area contributed by atoms with E-state index in [1.165, 1.54) is 38.6 Å². The lowest BCUT2D eigenvalue weighted by molar-refractivity contribution is 0.0794. The van der Waals surface area contributed by atoms with Crippen molar-refractivity contribution in [3.63, 3.8) is 0 Å². The third-order valence-electron chi connectivity index (χ3n) is 5.90. The Morgan fingerprint density at radius 2 is 1.92 bits per heavy atom. The number of carbonyl (C=O) groups excluding carboxylic acids is 1. The number of hydrogen-bond donors (Lipinski definition) is 0. The maximum absolute atomic E-state index is 12.6. The zero-order valence-corrected chi connectivity index (χ0v) is 14.7. The van der Waals surface area contributed by atoms with Crippen LogP contribution in [0, 0.1) is 5.92 Å². The van der Waals surface area contributed by atoms with Crippen LogP contribution in [0.4, 0.5) is 0 Å². The minimum absolute atomic E-state index is 0.0629. The van der Waals surface area contributed by atoms with Crippen molar-refractivity contribution in [2.24, 2.45) is 5.92 Å². The Labute approximate surface area is 144 Å². The fourth-order valence-electron chi connectivity index (χ4n) is 4.40. The number of aromatic nitrogens is 2. The highest BCUT2D eigenvalue weighted by molar-refractivity contribution is 5.92. The van der Waals surface area contributed by atoms with E-state index < -0.39 is 0 Å². The lowest BCUT2D eigenvalue weighted by Crippen LogP contribution is -2.40. The van der Waals surface area contributed by atoms with Gasteiger partial charge in [0.15, 0.2) is 0 Å². The van der Waals surface area contributed by atoms with E-state index in [9.17, 15) is 4.79 Å². The zero-order chi connectivity index (χ0) is 16.5. The van der Waals surface area contributed by atoms with Gasteiger partial charge >= 0.3 is 0 Å². The molecule has 0 N–H and O–H groups in total. The Kier molecular flexibility index (Phi) is 4.44. The predicted molar refractivity (Wildman–Crippen MR) is 93.8 cm³/mol. The Bertz CT molecular complexity index is 621. The van der Waals surface area contributed by atoms with Crippen molar-refractivity contribution in [1.29, 1.82) is 0 Å². The third-order valence-corrected chi connectivity index (χ3v) is 5.90. The van der Waals surface area contributed by atoms with E-state index in [-0.39, 0.29) is 5.91 Å². The van der Waals surface area contributed by atoms with Gasteiger partial charge in [-0.15, -0.1) is 0 Å². The van der Waals surface area contributed by atoms with Gasteiger partial charge < -0.3 is 9.47 Å². The average Bonchev–Trinajstić information content (AvgIpc) is 3.27. The van der Waals surface area contributed by atoms with E-state index in [0.29, 0.717) is 24.8 Å². The number of carbonyl (C=O) groups is 1. The van der Waals surface area contributed by atoms with Gasteiger partial charge in [0.1, 0.15) is 11.5 Å². The standard InChI is InChI=1S/C19H28N4O/c1-15-18-20-17(19(24)21-9-5-6-10-21)14-23(18)12-11-22(15)13-16-7-3-2-4-8-16/h5-6,14-16H,2-4,7-13H2,1H3/t15-/m1/s1. The first kappa shape index (κ1) is 15.9. The second-order valence-corrected chi connectivity index (χ2v) is 7.53. The van der Waals surface area contributed by atoms with Crippen LogP contribution in [0.3, 0.4) is 0 Å². The molecule has 1 amide bonds. The number of nitrogens with zero attached hydrogens (tertiary/aromatic N) is 4. The molecule has 0 spiro atoms. The van der Waals surface area contributed by atoms with Gasteiger partial charge in [0, 0.05) is 38.9 Å². The molecule has 1 atom stereocenters. The van der Waals surface area contributed by atoms with Gasteiger partial charge in [-0.2, -0.15) is 0 Å². The molecule has 1 saturated carbocycles. The van der Waals surface area contributed by atoms with E-state index in [0.717, 1.165) is 24.8 Å². The molecule has 5 nitrogen and oxygen atoms in total. The smallest absolute Gasteiger partial charge is 0.274 e. The van der Waals surface area contributed by atoms with Gasteiger partial charge in [0.05, 0.1) is 6.04 Å². The number of hydrogen-bond acceptors (Lipinski definition) is 3. The number of fused-ring (bicyclic) bond motifs is 1. The summed E-state index contributed by atoms with van der Waals surface area (Å²) in [5.74, 6) is 1.97. The fourth-order valence-corrected chi connectivity index (χ4v) is 4.40. The minimum atomic E-state index is 0.0629. The van der Waals surface area contributed by atoms with E-state index in [1.807, 2.05) is 23.2 Å². The highest BCUT2D eigenvalue weighted by atomic mass is 16.2. The summed E-state index contributed by atoms with van der Waals surface area (Å²) in [4.78, 5) is 21.7. The molecule has 1 fully saturated rings. The Balaban J connectivity index is 1.46. The molecule has 1 aliphatic carbocycles. The fraction of sp³-hybridized carbons (Fsp3) is 0.684. The number of imidazole rings is 1. The van der Waals surface area contributed by atoms with Crippen LogP contribution in [0.2, 0.25) is 0 Å². The van der Waals surface area contributed by atoms with Crippen LogP contribution in [0.25, 0.3) is 0 Å². The van der Waals surface area contributed by atoms with Crippen LogP contribution in [0.15, 0.2) is 18.3 Å². The molecule has 0 radical (unpaired) electrons. The van der Waals surface area contributed by atoms with Crippen molar-refractivity contribution in [3.8, 4) is 0 Å². The Morgan fingerprint density at radius 1 is 1.17 bits per heavy atom. The normalized spacial score (nSPS) is 25.2. The van der Waals surface area contributed by atoms with Crippen LogP contribution in [0.1, 0.15) is 61.4 Å². The van der Waals surface area contributed by atoms with Gasteiger partial charge in [0.2, 0.25) is 0 Å². The monoisotopic (exact) mass is 328 g/mol. The quantitative estimate of drug-likeness (QED) is 0.801. The minimum Gasteiger partial charge on any atom is -0.331 e. The summed E-state index contributed by atoms with van der Waals surface area (Å²) in [7, 11) is 0. The number of amides is 1. The van der Waals surface area contributed by atoms with Crippen molar-refractivity contribution in [3.05, 3.63) is 29.9 Å². The maximum Gasteiger partial charge on any atom is 0.274 e. The molecule has 1 aromatic rings. The molecule has 24 heavy (non-hydrogen) atoms. The summed E-state index contributed by atoms with van der Waals surface area (Å²) in [6.07, 6.45) is 13.0. The van der Waals surface area contributed by atoms with Gasteiger partial charge in [0.25, 0.3) is 5.91 Å². The van der Waals surface area contributed by atoms with Crippen LogP contribution < -0.4 is 0 Å². The second kappa shape index (κ2) is 6.71. The van der Waals surface area contributed by atoms with Crippen molar-refractivity contribution in [2.75, 3.05) is 26.2 Å². The Morgan fingerprint density at radius 3 is 2.67 bits per heavy atom. The molecule has 2 aliphatic heterocycles. The van der Waals surface area contributed by atoms with Gasteiger partial charge in [-0.25, -0.2) is 4.98 Å². The molecule has 4 rings (SSSR count). The van der Waals surface area contributed by atoms with Gasteiger partial charge in [-0.1, -0.05) is 31.4 Å². The van der Waals surface area contributed by atoms with Crippen molar-refractivity contribution >= 4 is 5.91 Å². The summed E-state index contributed by atoms with van der Waals surface area (Å²) >= 11 is 0. The van der Waals surface area contributed by atoms with Crippen LogP contribution >= 0.6 is 0 Å². The van der Waals surface area contributed by atoms with Crippen molar-refractivity contribution in [2.45, 2.75) is 51.6 Å². The molecule has 3 heterocycles. The molecule has 0 bridgehead atoms. The largest absolute Gasteiger partial charge is 0.331 e. The average molecular weight is 328 g/mol. The predicted octanol–water partition coefficient (Wildman–Crippen LogP) is 2.85. The molecular formula is C19H28N4O. The topological polar surface area (TPSA) is 41.4 Å². The summed E-state index contributed by atoms with van der Waals surface area (Å²) in [5.41, 5.74) is 0.611. The summed E-state index contributed by atoms with van der Waals surface area (Å²) in [6.45, 7) is 6.87. The molecule has 130 valence electrons. The molecule has 5 heteroatoms. The van der Waals surface area contributed by atoms with Crippen LogP contribution in [0.5, 0.6) is 0 Å². The van der Waals surface area contributed by atoms with Crippen molar-refractivity contribution in [1.82, 2.24) is 19.4 Å². The molecular weight excluding hydrogens is 300 g/mol. The highest BCUT2D eigenvalue weighted by Crippen LogP contribution is 2.30. The zero-order valence-electron chi connectivity index (χ0n) is 14.7. The van der Waals surface area contributed by atoms with E-state index in [4.69, 9.17) is 4.98 Å². The summed E-state index contributed by atoms with van der Waals surface area (Å²) in [5, 5.41) is 0. The summed E-state index contributed by atoms with van der Waals surface area (Å²) in [6, 6.07) is 0.305. The maximum atomic E-state index is 12.6.